The van der Waals surface area contributed by atoms with E-state index in [0.29, 0.717) is 5.92 Å². The maximum Gasteiger partial charge on any atom is 0.0270 e. The van der Waals surface area contributed by atoms with Gasteiger partial charge in [0.1, 0.15) is 0 Å². The zero-order chi connectivity index (χ0) is 9.97. The number of nitrogens with two attached hydrogens (primary N) is 1. The van der Waals surface area contributed by atoms with E-state index in [1.807, 2.05) is 12.4 Å². The molecule has 3 heteroatoms. The second-order valence-corrected chi connectivity index (χ2v) is 4.10. The van der Waals surface area contributed by atoms with Crippen molar-refractivity contribution in [1.29, 1.82) is 0 Å². The van der Waals surface area contributed by atoms with Crippen molar-refractivity contribution in [2.75, 3.05) is 20.1 Å². The van der Waals surface area contributed by atoms with Gasteiger partial charge in [-0.1, -0.05) is 0 Å². The summed E-state index contributed by atoms with van der Waals surface area (Å²) in [7, 11) is 2.13. The van der Waals surface area contributed by atoms with E-state index >= 15 is 0 Å². The Kier molecular flexibility index (Phi) is 2.79. The zero-order valence-electron chi connectivity index (χ0n) is 8.56. The molecule has 1 aromatic heterocycles. The lowest BCUT2D eigenvalue weighted by molar-refractivity contribution is 0.228. The van der Waals surface area contributed by atoms with Crippen LogP contribution in [0.5, 0.6) is 0 Å². The summed E-state index contributed by atoms with van der Waals surface area (Å²) in [5, 5.41) is 0. The van der Waals surface area contributed by atoms with Crippen molar-refractivity contribution in [1.82, 2.24) is 9.88 Å². The van der Waals surface area contributed by atoms with Crippen LogP contribution in [0.3, 0.4) is 0 Å². The third kappa shape index (κ3) is 1.94. The molecule has 2 atom stereocenters. The molecule has 76 valence electrons. The minimum Gasteiger partial charge on any atom is -0.326 e. The molecule has 0 aromatic carbocycles. The van der Waals surface area contributed by atoms with Crippen LogP contribution in [0.2, 0.25) is 0 Å². The molecule has 2 unspecified atom stereocenters. The number of hydrogen-bond donors (Lipinski definition) is 1. The molecule has 1 fully saturated rings. The van der Waals surface area contributed by atoms with Crippen LogP contribution >= 0.6 is 0 Å². The summed E-state index contributed by atoms with van der Waals surface area (Å²) in [6.07, 6.45) is 4.85. The van der Waals surface area contributed by atoms with Gasteiger partial charge in [0, 0.05) is 30.9 Å². The highest BCUT2D eigenvalue weighted by molar-refractivity contribution is 5.19. The Morgan fingerprint density at radius 2 is 2.14 bits per heavy atom. The number of nitrogens with zero attached hydrogens (tertiary/aromatic N) is 2. The maximum atomic E-state index is 6.14. The monoisotopic (exact) mass is 191 g/mol. The first-order valence-corrected chi connectivity index (χ1v) is 5.11. The van der Waals surface area contributed by atoms with Gasteiger partial charge < -0.3 is 10.6 Å². The molecule has 3 nitrogen and oxygen atoms in total. The first-order valence-electron chi connectivity index (χ1n) is 5.11. The normalized spacial score (nSPS) is 29.0. The van der Waals surface area contributed by atoms with E-state index in [0.717, 1.165) is 19.5 Å². The van der Waals surface area contributed by atoms with Crippen LogP contribution in [0.1, 0.15) is 17.9 Å². The molecule has 2 rings (SSSR count). The number of rotatable bonds is 1. The smallest absolute Gasteiger partial charge is 0.0270 e. The largest absolute Gasteiger partial charge is 0.326 e. The van der Waals surface area contributed by atoms with Gasteiger partial charge in [-0.15, -0.1) is 0 Å². The van der Waals surface area contributed by atoms with Gasteiger partial charge in [0.25, 0.3) is 0 Å². The Hall–Kier alpha value is -0.930. The second kappa shape index (κ2) is 4.07. The van der Waals surface area contributed by atoms with Gasteiger partial charge >= 0.3 is 0 Å². The molecule has 0 radical (unpaired) electrons. The summed E-state index contributed by atoms with van der Waals surface area (Å²) in [5.74, 6) is 0.509. The van der Waals surface area contributed by atoms with Gasteiger partial charge in [0.2, 0.25) is 0 Å². The van der Waals surface area contributed by atoms with Crippen LogP contribution in [0.15, 0.2) is 24.5 Å². The second-order valence-electron chi connectivity index (χ2n) is 4.10. The lowest BCUT2D eigenvalue weighted by Gasteiger charge is -2.34. The molecule has 1 aliphatic rings. The van der Waals surface area contributed by atoms with Crippen molar-refractivity contribution in [2.24, 2.45) is 5.73 Å². The van der Waals surface area contributed by atoms with E-state index in [9.17, 15) is 0 Å². The average Bonchev–Trinajstić information content (AvgIpc) is 2.19. The van der Waals surface area contributed by atoms with Gasteiger partial charge in [-0.05, 0) is 37.7 Å². The first kappa shape index (κ1) is 9.62. The number of likely N-dealkylation sites (N-methyl/N-ethyl adjacent to an activating group) is 1. The lowest BCUT2D eigenvalue weighted by atomic mass is 9.86. The molecule has 14 heavy (non-hydrogen) atoms. The minimum absolute atomic E-state index is 0.260. The zero-order valence-corrected chi connectivity index (χ0v) is 8.56. The molecule has 0 saturated carbocycles. The van der Waals surface area contributed by atoms with Gasteiger partial charge in [-0.2, -0.15) is 0 Å². The van der Waals surface area contributed by atoms with Crippen LogP contribution in [0.25, 0.3) is 0 Å². The van der Waals surface area contributed by atoms with Crippen LogP contribution in [-0.2, 0) is 0 Å². The molecule has 0 spiro atoms. The minimum atomic E-state index is 0.260. The molecule has 2 N–H and O–H groups in total. The standard InChI is InChI=1S/C11H17N3/c1-14-7-4-10(11(12)8-14)9-2-5-13-6-3-9/h2-3,5-6,10-11H,4,7-8,12H2,1H3. The molecule has 1 aliphatic heterocycles. The Balaban J connectivity index is 2.12. The third-order valence-corrected chi connectivity index (χ3v) is 3.00. The number of piperidine rings is 1. The Morgan fingerprint density at radius 3 is 2.79 bits per heavy atom. The molecule has 0 bridgehead atoms. The van der Waals surface area contributed by atoms with E-state index in [1.54, 1.807) is 0 Å². The van der Waals surface area contributed by atoms with Crippen molar-refractivity contribution >= 4 is 0 Å². The van der Waals surface area contributed by atoms with Crippen molar-refractivity contribution < 1.29 is 0 Å². The summed E-state index contributed by atoms with van der Waals surface area (Å²) in [4.78, 5) is 6.32. The van der Waals surface area contributed by atoms with E-state index in [4.69, 9.17) is 5.73 Å². The Labute approximate surface area is 84.9 Å². The van der Waals surface area contributed by atoms with Gasteiger partial charge in [0.05, 0.1) is 0 Å². The van der Waals surface area contributed by atoms with Gasteiger partial charge in [0.15, 0.2) is 0 Å². The highest BCUT2D eigenvalue weighted by Crippen LogP contribution is 2.25. The van der Waals surface area contributed by atoms with Crippen LogP contribution in [-0.4, -0.2) is 36.1 Å². The maximum absolute atomic E-state index is 6.14. The number of pyridine rings is 1. The van der Waals surface area contributed by atoms with Crippen molar-refractivity contribution in [2.45, 2.75) is 18.4 Å². The predicted molar refractivity (Wildman–Crippen MR) is 57.1 cm³/mol. The molecular weight excluding hydrogens is 174 g/mol. The molecule has 0 aliphatic carbocycles. The molecule has 1 saturated heterocycles. The fourth-order valence-corrected chi connectivity index (χ4v) is 2.18. The highest BCUT2D eigenvalue weighted by Gasteiger charge is 2.25. The summed E-state index contributed by atoms with van der Waals surface area (Å²) >= 11 is 0. The highest BCUT2D eigenvalue weighted by atomic mass is 15.1. The fraction of sp³-hybridized carbons (Fsp3) is 0.545. The summed E-state index contributed by atoms with van der Waals surface area (Å²) < 4.78 is 0. The summed E-state index contributed by atoms with van der Waals surface area (Å²) in [6.45, 7) is 2.13. The SMILES string of the molecule is CN1CCC(c2ccncc2)C(N)C1. The van der Waals surface area contributed by atoms with E-state index in [1.165, 1.54) is 5.56 Å². The molecule has 1 aromatic rings. The topological polar surface area (TPSA) is 42.2 Å². The van der Waals surface area contributed by atoms with Gasteiger partial charge in [-0.3, -0.25) is 4.98 Å². The van der Waals surface area contributed by atoms with Crippen LogP contribution in [0.4, 0.5) is 0 Å². The van der Waals surface area contributed by atoms with E-state index in [-0.39, 0.29) is 6.04 Å². The molecule has 0 amide bonds. The number of hydrogen-bond acceptors (Lipinski definition) is 3. The fourth-order valence-electron chi connectivity index (χ4n) is 2.18. The van der Waals surface area contributed by atoms with Crippen molar-refractivity contribution in [3.05, 3.63) is 30.1 Å². The molecular formula is C11H17N3. The first-order chi connectivity index (χ1) is 6.77. The van der Waals surface area contributed by atoms with Gasteiger partial charge in [-0.25, -0.2) is 0 Å². The lowest BCUT2D eigenvalue weighted by Crippen LogP contribution is -2.45. The number of likely N-dealkylation sites (tertiary alicyclic amines) is 1. The van der Waals surface area contributed by atoms with Crippen molar-refractivity contribution in [3.8, 4) is 0 Å². The average molecular weight is 191 g/mol. The summed E-state index contributed by atoms with van der Waals surface area (Å²) in [5.41, 5.74) is 7.47. The summed E-state index contributed by atoms with van der Waals surface area (Å²) in [6, 6.07) is 4.42. The Morgan fingerprint density at radius 1 is 1.43 bits per heavy atom. The van der Waals surface area contributed by atoms with E-state index < -0.39 is 0 Å². The number of aromatic nitrogens is 1. The third-order valence-electron chi connectivity index (χ3n) is 3.00. The Bertz CT molecular complexity index is 286. The molecule has 2 heterocycles. The predicted octanol–water partition coefficient (Wildman–Crippen LogP) is 0.828. The van der Waals surface area contributed by atoms with E-state index in [2.05, 4.69) is 29.1 Å². The van der Waals surface area contributed by atoms with Crippen LogP contribution < -0.4 is 5.73 Å². The quantitative estimate of drug-likeness (QED) is 0.715. The van der Waals surface area contributed by atoms with Crippen molar-refractivity contribution in [3.63, 3.8) is 0 Å². The van der Waals surface area contributed by atoms with Crippen LogP contribution in [0, 0.1) is 0 Å².